The molecule has 0 radical (unpaired) electrons. The van der Waals surface area contributed by atoms with E-state index >= 15 is 0 Å². The fourth-order valence-electron chi connectivity index (χ4n) is 4.31. The zero-order chi connectivity index (χ0) is 26.8. The number of thiophene rings is 1. The third-order valence-corrected chi connectivity index (χ3v) is 7.09. The van der Waals surface area contributed by atoms with Crippen molar-refractivity contribution in [2.75, 3.05) is 11.7 Å². The maximum absolute atomic E-state index is 14.0. The molecule has 5 rings (SSSR count). The van der Waals surface area contributed by atoms with Gasteiger partial charge in [-0.25, -0.2) is 8.78 Å². The van der Waals surface area contributed by atoms with Gasteiger partial charge in [0.25, 0.3) is 5.91 Å². The van der Waals surface area contributed by atoms with Crippen LogP contribution in [0.3, 0.4) is 0 Å². The highest BCUT2D eigenvalue weighted by molar-refractivity contribution is 7.09. The van der Waals surface area contributed by atoms with E-state index in [-0.39, 0.29) is 49.4 Å². The van der Waals surface area contributed by atoms with Gasteiger partial charge in [-0.1, -0.05) is 18.2 Å². The van der Waals surface area contributed by atoms with Gasteiger partial charge in [0.05, 0.1) is 24.3 Å². The van der Waals surface area contributed by atoms with Crippen LogP contribution in [-0.4, -0.2) is 38.0 Å². The molecule has 0 saturated carbocycles. The van der Waals surface area contributed by atoms with Crippen LogP contribution in [0.25, 0.3) is 0 Å². The van der Waals surface area contributed by atoms with Crippen LogP contribution in [0.15, 0.2) is 71.1 Å². The topological polar surface area (TPSA) is 95.7 Å². The fourth-order valence-corrected chi connectivity index (χ4v) is 5.03. The lowest BCUT2D eigenvalue weighted by Gasteiger charge is -2.39. The number of halogens is 2. The summed E-state index contributed by atoms with van der Waals surface area (Å²) < 4.78 is 28.6. The molecular weight excluding hydrogens is 514 g/mol. The molecule has 1 N–H and O–H groups in total. The normalized spacial score (nSPS) is 13.1. The lowest BCUT2D eigenvalue weighted by Crippen LogP contribution is -2.53. The summed E-state index contributed by atoms with van der Waals surface area (Å²) >= 11 is 1.48. The van der Waals surface area contributed by atoms with Gasteiger partial charge in [0.1, 0.15) is 18.3 Å². The highest BCUT2D eigenvalue weighted by atomic mass is 32.1. The number of amides is 1. The molecule has 0 aliphatic carbocycles. The first-order chi connectivity index (χ1) is 18.3. The monoisotopic (exact) mass is 536 g/mol. The van der Waals surface area contributed by atoms with E-state index in [0.717, 1.165) is 17.0 Å². The Morgan fingerprint density at radius 3 is 2.63 bits per heavy atom. The summed E-state index contributed by atoms with van der Waals surface area (Å²) in [6, 6.07) is 12.2. The molecule has 1 aliphatic heterocycles. The van der Waals surface area contributed by atoms with Crippen molar-refractivity contribution in [3.63, 3.8) is 0 Å². The second-order valence-electron chi connectivity index (χ2n) is 8.78. The minimum Gasteiger partial charge on any atom is -0.502 e. The van der Waals surface area contributed by atoms with Crippen molar-refractivity contribution in [2.45, 2.75) is 25.9 Å². The Balaban J connectivity index is 1.50. The number of ketones is 1. The number of benzene rings is 1. The summed E-state index contributed by atoms with van der Waals surface area (Å²) in [5.41, 5.74) is -0.779. The highest BCUT2D eigenvalue weighted by Gasteiger charge is 2.34. The molecule has 11 heteroatoms. The summed E-state index contributed by atoms with van der Waals surface area (Å²) in [6.07, 6.45) is 2.54. The van der Waals surface area contributed by atoms with Crippen molar-refractivity contribution in [1.82, 2.24) is 14.6 Å². The molecule has 4 aromatic rings. The molecule has 0 fully saturated rings. The van der Waals surface area contributed by atoms with Crippen molar-refractivity contribution in [3.8, 4) is 5.75 Å². The SMILES string of the molecule is O=C(CCc1ccc(F)cc1F)c1cn2c(c(O)c1=O)C(=O)N(Cc1cccs1)CN2Cc1ccccn1. The number of hydrogen-bond donors (Lipinski definition) is 1. The zero-order valence-electron chi connectivity index (χ0n) is 20.0. The smallest absolute Gasteiger partial charge is 0.278 e. The van der Waals surface area contributed by atoms with Gasteiger partial charge in [-0.05, 0) is 41.6 Å². The van der Waals surface area contributed by atoms with E-state index in [0.29, 0.717) is 5.69 Å². The first-order valence-corrected chi connectivity index (χ1v) is 12.6. The van der Waals surface area contributed by atoms with Crippen molar-refractivity contribution in [2.24, 2.45) is 0 Å². The fraction of sp³-hybridized carbons (Fsp3) is 0.185. The van der Waals surface area contributed by atoms with Crippen LogP contribution in [0.5, 0.6) is 5.75 Å². The summed E-state index contributed by atoms with van der Waals surface area (Å²) in [5, 5.41) is 14.4. The van der Waals surface area contributed by atoms with Gasteiger partial charge in [0, 0.05) is 29.8 Å². The molecule has 0 atom stereocenters. The van der Waals surface area contributed by atoms with Crippen LogP contribution < -0.4 is 10.4 Å². The molecule has 0 unspecified atom stereocenters. The Kier molecular flexibility index (Phi) is 7.01. The average Bonchev–Trinajstić information content (AvgIpc) is 3.41. The zero-order valence-corrected chi connectivity index (χ0v) is 20.8. The van der Waals surface area contributed by atoms with Gasteiger partial charge in [-0.2, -0.15) is 0 Å². The lowest BCUT2D eigenvalue weighted by molar-refractivity contribution is 0.0671. The number of carbonyl (C=O) groups is 2. The highest BCUT2D eigenvalue weighted by Crippen LogP contribution is 2.25. The van der Waals surface area contributed by atoms with Crippen LogP contribution in [0, 0.1) is 11.6 Å². The number of hydrogen-bond acceptors (Lipinski definition) is 7. The summed E-state index contributed by atoms with van der Waals surface area (Å²) in [6.45, 7) is 0.600. The van der Waals surface area contributed by atoms with Gasteiger partial charge < -0.3 is 10.0 Å². The number of aromatic nitrogens is 2. The Bertz CT molecular complexity index is 1560. The first kappa shape index (κ1) is 25.3. The Morgan fingerprint density at radius 2 is 1.92 bits per heavy atom. The van der Waals surface area contributed by atoms with Crippen LogP contribution in [0.1, 0.15) is 43.4 Å². The first-order valence-electron chi connectivity index (χ1n) is 11.7. The molecule has 0 bridgehead atoms. The van der Waals surface area contributed by atoms with E-state index in [4.69, 9.17) is 0 Å². The molecule has 8 nitrogen and oxygen atoms in total. The van der Waals surface area contributed by atoms with E-state index < -0.39 is 34.5 Å². The standard InChI is InChI=1S/C27H22F2N4O4S/c28-18-8-6-17(22(29)12-18)7-9-23(34)21-15-33-24(26(36)25(21)35)27(37)31(14-20-5-3-11-38-20)16-32(33)13-19-4-1-2-10-30-19/h1-6,8,10-12,15,36H,7,9,13-14,16H2. The number of carbonyl (C=O) groups excluding carboxylic acids is 2. The number of rotatable bonds is 8. The third-order valence-electron chi connectivity index (χ3n) is 6.23. The second kappa shape index (κ2) is 10.5. The van der Waals surface area contributed by atoms with Gasteiger partial charge in [-0.3, -0.25) is 29.1 Å². The van der Waals surface area contributed by atoms with Crippen molar-refractivity contribution in [1.29, 1.82) is 0 Å². The van der Waals surface area contributed by atoms with Crippen LogP contribution >= 0.6 is 11.3 Å². The summed E-state index contributed by atoms with van der Waals surface area (Å²) in [5.74, 6) is -3.56. The van der Waals surface area contributed by atoms with E-state index in [1.807, 2.05) is 23.6 Å². The largest absolute Gasteiger partial charge is 0.502 e. The van der Waals surface area contributed by atoms with E-state index in [1.165, 1.54) is 33.2 Å². The second-order valence-corrected chi connectivity index (χ2v) is 9.81. The summed E-state index contributed by atoms with van der Waals surface area (Å²) in [4.78, 5) is 46.2. The molecule has 4 heterocycles. The van der Waals surface area contributed by atoms with E-state index in [1.54, 1.807) is 23.3 Å². The van der Waals surface area contributed by atoms with Crippen molar-refractivity contribution in [3.05, 3.63) is 116 Å². The van der Waals surface area contributed by atoms with Gasteiger partial charge in [0.2, 0.25) is 5.43 Å². The lowest BCUT2D eigenvalue weighted by atomic mass is 10.0. The molecule has 1 aliphatic rings. The Labute approximate surface area is 220 Å². The maximum Gasteiger partial charge on any atom is 0.278 e. The van der Waals surface area contributed by atoms with Crippen molar-refractivity contribution >= 4 is 23.0 Å². The van der Waals surface area contributed by atoms with E-state index in [9.17, 15) is 28.3 Å². The predicted octanol–water partition coefficient (Wildman–Crippen LogP) is 3.86. The number of fused-ring (bicyclic) bond motifs is 1. The average molecular weight is 537 g/mol. The molecule has 38 heavy (non-hydrogen) atoms. The quantitative estimate of drug-likeness (QED) is 0.344. The number of nitrogens with zero attached hydrogens (tertiary/aromatic N) is 4. The van der Waals surface area contributed by atoms with Crippen LogP contribution in [-0.2, 0) is 19.5 Å². The maximum atomic E-state index is 14.0. The van der Waals surface area contributed by atoms with Crippen LogP contribution in [0.4, 0.5) is 8.78 Å². The van der Waals surface area contributed by atoms with Gasteiger partial charge in [-0.15, -0.1) is 11.3 Å². The predicted molar refractivity (Wildman–Crippen MR) is 137 cm³/mol. The number of pyridine rings is 2. The molecule has 0 saturated heterocycles. The van der Waals surface area contributed by atoms with Crippen molar-refractivity contribution < 1.29 is 23.5 Å². The minimum absolute atomic E-state index is 0.0714. The third kappa shape index (κ3) is 5.05. The van der Waals surface area contributed by atoms with E-state index in [2.05, 4.69) is 4.98 Å². The molecule has 0 spiro atoms. The summed E-state index contributed by atoms with van der Waals surface area (Å²) in [7, 11) is 0. The number of aryl methyl sites for hydroxylation is 1. The molecule has 1 aromatic carbocycles. The van der Waals surface area contributed by atoms with Gasteiger partial charge >= 0.3 is 0 Å². The number of Topliss-reactive ketones (excluding diaryl/α,β-unsaturated/α-hetero) is 1. The molecule has 3 aromatic heterocycles. The molecular formula is C27H22F2N4O4S. The number of aromatic hydroxyl groups is 1. The Morgan fingerprint density at radius 1 is 1.08 bits per heavy atom. The van der Waals surface area contributed by atoms with Gasteiger partial charge in [0.15, 0.2) is 17.2 Å². The molecule has 194 valence electrons. The van der Waals surface area contributed by atoms with Crippen LogP contribution in [0.2, 0.25) is 0 Å². The minimum atomic E-state index is -0.982. The Hall–Kier alpha value is -4.38. The molecule has 1 amide bonds.